The summed E-state index contributed by atoms with van der Waals surface area (Å²) in [7, 11) is 0. The molecular formula is C12H28O4. The highest BCUT2D eigenvalue weighted by Gasteiger charge is 2.31. The van der Waals surface area contributed by atoms with Crippen LogP contribution in [0.25, 0.3) is 0 Å². The van der Waals surface area contributed by atoms with Gasteiger partial charge in [-0.05, 0) is 47.5 Å². The number of rotatable bonds is 4. The largest absolute Gasteiger partial charge is 0.393 e. The van der Waals surface area contributed by atoms with Crippen molar-refractivity contribution in [1.82, 2.24) is 0 Å². The molecule has 0 rings (SSSR count). The maximum Gasteiger partial charge on any atom is 0.0872 e. The van der Waals surface area contributed by atoms with Gasteiger partial charge in [0.05, 0.1) is 23.4 Å². The third kappa shape index (κ3) is 10.4. The van der Waals surface area contributed by atoms with Crippen molar-refractivity contribution in [3.8, 4) is 0 Å². The first-order valence-electron chi connectivity index (χ1n) is 5.72. The second kappa shape index (κ2) is 7.22. The fourth-order valence-electron chi connectivity index (χ4n) is 0.560. The molecule has 2 unspecified atom stereocenters. The van der Waals surface area contributed by atoms with E-state index in [2.05, 4.69) is 0 Å². The fourth-order valence-corrected chi connectivity index (χ4v) is 0.560. The highest BCUT2D eigenvalue weighted by molar-refractivity contribution is 4.84. The Balaban J connectivity index is 0. The van der Waals surface area contributed by atoms with Crippen LogP contribution in [0.1, 0.15) is 54.4 Å². The lowest BCUT2D eigenvalue weighted by molar-refractivity contribution is -0.107. The number of hydrogen-bond donors (Lipinski definition) is 4. The van der Waals surface area contributed by atoms with Gasteiger partial charge in [-0.3, -0.25) is 0 Å². The molecule has 4 nitrogen and oxygen atoms in total. The minimum absolute atomic E-state index is 0.324. The van der Waals surface area contributed by atoms with Crippen LogP contribution in [-0.2, 0) is 0 Å². The van der Waals surface area contributed by atoms with Crippen molar-refractivity contribution >= 4 is 0 Å². The number of aliphatic hydroxyl groups is 4. The van der Waals surface area contributed by atoms with Gasteiger partial charge in [-0.2, -0.15) is 0 Å². The van der Waals surface area contributed by atoms with Gasteiger partial charge >= 0.3 is 0 Å². The molecule has 0 saturated heterocycles. The van der Waals surface area contributed by atoms with Crippen LogP contribution in [0, 0.1) is 0 Å². The fraction of sp³-hybridized carbons (Fsp3) is 1.00. The van der Waals surface area contributed by atoms with Crippen molar-refractivity contribution in [2.45, 2.75) is 77.8 Å². The Bertz CT molecular complexity index is 153. The topological polar surface area (TPSA) is 80.9 Å². The highest BCUT2D eigenvalue weighted by Crippen LogP contribution is 2.19. The van der Waals surface area contributed by atoms with E-state index >= 15 is 0 Å². The molecule has 0 aromatic carbocycles. The lowest BCUT2D eigenvalue weighted by Crippen LogP contribution is -2.44. The van der Waals surface area contributed by atoms with Crippen LogP contribution < -0.4 is 0 Å². The summed E-state index contributed by atoms with van der Waals surface area (Å²) in [5.41, 5.74) is -2.01. The van der Waals surface area contributed by atoms with Crippen LogP contribution in [0.3, 0.4) is 0 Å². The molecule has 0 fully saturated rings. The molecule has 100 valence electrons. The second-order valence-electron chi connectivity index (χ2n) is 5.26. The summed E-state index contributed by atoms with van der Waals surface area (Å²) in [4.78, 5) is 0. The first-order chi connectivity index (χ1) is 6.91. The molecule has 0 aromatic heterocycles. The molecule has 0 saturated carbocycles. The van der Waals surface area contributed by atoms with E-state index < -0.39 is 11.2 Å². The Labute approximate surface area is 98.9 Å². The van der Waals surface area contributed by atoms with Crippen molar-refractivity contribution in [2.75, 3.05) is 0 Å². The quantitative estimate of drug-likeness (QED) is 0.588. The zero-order valence-electron chi connectivity index (χ0n) is 11.4. The second-order valence-corrected chi connectivity index (χ2v) is 5.26. The summed E-state index contributed by atoms with van der Waals surface area (Å²) in [6, 6.07) is 0. The van der Waals surface area contributed by atoms with E-state index in [0.717, 1.165) is 6.42 Å². The molecule has 2 atom stereocenters. The minimum atomic E-state index is -1.01. The lowest BCUT2D eigenvalue weighted by atomic mass is 9.90. The van der Waals surface area contributed by atoms with Crippen LogP contribution in [0.5, 0.6) is 0 Å². The predicted molar refractivity (Wildman–Crippen MR) is 65.2 cm³/mol. The van der Waals surface area contributed by atoms with Gasteiger partial charge in [-0.15, -0.1) is 0 Å². The van der Waals surface area contributed by atoms with Gasteiger partial charge in [0.2, 0.25) is 0 Å². The van der Waals surface area contributed by atoms with Crippen molar-refractivity contribution in [3.63, 3.8) is 0 Å². The van der Waals surface area contributed by atoms with Crippen LogP contribution >= 0.6 is 0 Å². The highest BCUT2D eigenvalue weighted by atomic mass is 16.3. The molecule has 0 aromatic rings. The van der Waals surface area contributed by atoms with Crippen LogP contribution in [0.2, 0.25) is 0 Å². The summed E-state index contributed by atoms with van der Waals surface area (Å²) in [6.45, 7) is 9.88. The van der Waals surface area contributed by atoms with Crippen molar-refractivity contribution in [2.24, 2.45) is 0 Å². The Morgan fingerprint density at radius 2 is 1.25 bits per heavy atom. The zero-order valence-corrected chi connectivity index (χ0v) is 11.4. The smallest absolute Gasteiger partial charge is 0.0872 e. The van der Waals surface area contributed by atoms with Crippen LogP contribution in [0.4, 0.5) is 0 Å². The molecule has 0 bridgehead atoms. The average Bonchev–Trinajstić information content (AvgIpc) is 2.00. The Kier molecular flexibility index (Phi) is 8.22. The summed E-state index contributed by atoms with van der Waals surface area (Å²) in [5, 5.41) is 35.8. The van der Waals surface area contributed by atoms with Gasteiger partial charge < -0.3 is 20.4 Å². The van der Waals surface area contributed by atoms with Crippen molar-refractivity contribution in [3.05, 3.63) is 0 Å². The molecular weight excluding hydrogens is 208 g/mol. The van der Waals surface area contributed by atoms with Gasteiger partial charge in [-0.1, -0.05) is 6.92 Å². The van der Waals surface area contributed by atoms with Gasteiger partial charge in [-0.25, -0.2) is 0 Å². The Hall–Kier alpha value is -0.160. The standard InChI is InChI=1S/2C6H14O2/c1-5(2,7)6(3,4)8;1-3-6(8)4-5(2)7/h7-8H,1-4H3;5-8H,3-4H2,1-2H3. The first kappa shape index (κ1) is 18.2. The van der Waals surface area contributed by atoms with Crippen molar-refractivity contribution in [1.29, 1.82) is 0 Å². The molecule has 0 radical (unpaired) electrons. The van der Waals surface area contributed by atoms with E-state index in [1.165, 1.54) is 0 Å². The lowest BCUT2D eigenvalue weighted by Gasteiger charge is -2.31. The zero-order chi connectivity index (χ0) is 13.6. The maximum absolute atomic E-state index is 9.10. The molecule has 4 heteroatoms. The third-order valence-corrected chi connectivity index (χ3v) is 2.58. The van der Waals surface area contributed by atoms with Gasteiger partial charge in [0.15, 0.2) is 0 Å². The monoisotopic (exact) mass is 236 g/mol. The van der Waals surface area contributed by atoms with E-state index in [1.807, 2.05) is 6.92 Å². The molecule has 0 amide bonds. The van der Waals surface area contributed by atoms with E-state index in [9.17, 15) is 0 Å². The van der Waals surface area contributed by atoms with E-state index in [0.29, 0.717) is 6.42 Å². The molecule has 4 N–H and O–H groups in total. The van der Waals surface area contributed by atoms with E-state index in [1.54, 1.807) is 34.6 Å². The summed E-state index contributed by atoms with van der Waals surface area (Å²) in [5.74, 6) is 0. The number of aliphatic hydroxyl groups excluding tert-OH is 2. The third-order valence-electron chi connectivity index (χ3n) is 2.58. The van der Waals surface area contributed by atoms with Gasteiger partial charge in [0.25, 0.3) is 0 Å². The van der Waals surface area contributed by atoms with Gasteiger partial charge in [0.1, 0.15) is 0 Å². The Morgan fingerprint density at radius 1 is 0.938 bits per heavy atom. The Morgan fingerprint density at radius 3 is 1.31 bits per heavy atom. The predicted octanol–water partition coefficient (Wildman–Crippen LogP) is 1.06. The minimum Gasteiger partial charge on any atom is -0.393 e. The molecule has 16 heavy (non-hydrogen) atoms. The molecule has 0 aliphatic heterocycles. The average molecular weight is 236 g/mol. The molecule has 0 aliphatic rings. The maximum atomic E-state index is 9.10. The van der Waals surface area contributed by atoms with E-state index in [4.69, 9.17) is 20.4 Å². The summed E-state index contributed by atoms with van der Waals surface area (Å²) in [6.07, 6.45) is 0.529. The molecule has 0 aliphatic carbocycles. The van der Waals surface area contributed by atoms with E-state index in [-0.39, 0.29) is 12.2 Å². The van der Waals surface area contributed by atoms with Gasteiger partial charge in [0, 0.05) is 0 Å². The SMILES string of the molecule is CC(C)(O)C(C)(C)O.CCC(O)CC(C)O. The van der Waals surface area contributed by atoms with Crippen molar-refractivity contribution < 1.29 is 20.4 Å². The number of hydrogen-bond acceptors (Lipinski definition) is 4. The normalized spacial score (nSPS) is 16.1. The first-order valence-corrected chi connectivity index (χ1v) is 5.72. The summed E-state index contributed by atoms with van der Waals surface area (Å²) < 4.78 is 0. The van der Waals surface area contributed by atoms with Crippen LogP contribution in [0.15, 0.2) is 0 Å². The van der Waals surface area contributed by atoms with Crippen LogP contribution in [-0.4, -0.2) is 43.8 Å². The summed E-state index contributed by atoms with van der Waals surface area (Å²) >= 11 is 0. The molecule has 0 heterocycles. The molecule has 0 spiro atoms.